The summed E-state index contributed by atoms with van der Waals surface area (Å²) in [6.07, 6.45) is 5.16. The molecule has 2 amide bonds. The lowest BCUT2D eigenvalue weighted by atomic mass is 10.3. The first-order valence-corrected chi connectivity index (χ1v) is 5.73. The van der Waals surface area contributed by atoms with Crippen molar-refractivity contribution in [3.05, 3.63) is 0 Å². The Hall–Kier alpha value is -1.59. The van der Waals surface area contributed by atoms with E-state index in [4.69, 9.17) is 15.0 Å². The molecule has 0 aromatic rings. The largest absolute Gasteiger partial charge is 0.503 e. The number of hydrogen-bond acceptors (Lipinski definition) is 3. The number of rotatable bonds is 0. The van der Waals surface area contributed by atoms with Crippen molar-refractivity contribution < 1.29 is 24.6 Å². The molecule has 6 nitrogen and oxygen atoms in total. The zero-order chi connectivity index (χ0) is 12.8. The van der Waals surface area contributed by atoms with Gasteiger partial charge in [0.1, 0.15) is 0 Å². The SMILES string of the molecule is C1CC2C[C@@H]2C1.O=C(O)O.O=C1CCC(=O)N1. The summed E-state index contributed by atoms with van der Waals surface area (Å²) in [5, 5.41) is 16.1. The van der Waals surface area contributed by atoms with Gasteiger partial charge < -0.3 is 10.2 Å². The highest BCUT2D eigenvalue weighted by Crippen LogP contribution is 2.51. The minimum atomic E-state index is -1.83. The normalized spacial score (nSPS) is 28.0. The zero-order valence-corrected chi connectivity index (χ0v) is 9.52. The number of nitrogens with one attached hydrogen (secondary N) is 1. The first kappa shape index (κ1) is 13.5. The topological polar surface area (TPSA) is 104 Å². The van der Waals surface area contributed by atoms with Crippen LogP contribution >= 0.6 is 0 Å². The second-order valence-electron chi connectivity index (χ2n) is 4.44. The van der Waals surface area contributed by atoms with Gasteiger partial charge in [0, 0.05) is 12.8 Å². The fraction of sp³-hybridized carbons (Fsp3) is 0.727. The highest BCUT2D eigenvalue weighted by atomic mass is 16.6. The Kier molecular flexibility index (Phi) is 4.93. The summed E-state index contributed by atoms with van der Waals surface area (Å²) >= 11 is 0. The predicted octanol–water partition coefficient (Wildman–Crippen LogP) is 1.45. The van der Waals surface area contributed by atoms with Gasteiger partial charge in [-0.2, -0.15) is 0 Å². The van der Waals surface area contributed by atoms with Crippen molar-refractivity contribution in [2.45, 2.75) is 38.5 Å². The van der Waals surface area contributed by atoms with E-state index in [0.717, 1.165) is 0 Å². The molecule has 6 heteroatoms. The van der Waals surface area contributed by atoms with Gasteiger partial charge in [-0.25, -0.2) is 4.79 Å². The molecule has 0 bridgehead atoms. The van der Waals surface area contributed by atoms with Crippen molar-refractivity contribution >= 4 is 18.0 Å². The minimum absolute atomic E-state index is 0.148. The smallest absolute Gasteiger partial charge is 0.450 e. The molecule has 1 unspecified atom stereocenters. The molecule has 96 valence electrons. The van der Waals surface area contributed by atoms with Gasteiger partial charge in [0.15, 0.2) is 0 Å². The average Bonchev–Trinajstić information content (AvgIpc) is 2.64. The van der Waals surface area contributed by atoms with Crippen LogP contribution in [0.3, 0.4) is 0 Å². The van der Waals surface area contributed by atoms with E-state index in [1.165, 1.54) is 18.3 Å². The van der Waals surface area contributed by atoms with Crippen LogP contribution in [0.4, 0.5) is 4.79 Å². The Labute approximate surface area is 99.0 Å². The van der Waals surface area contributed by atoms with Crippen molar-refractivity contribution in [2.75, 3.05) is 0 Å². The third-order valence-corrected chi connectivity index (χ3v) is 3.08. The second-order valence-corrected chi connectivity index (χ2v) is 4.44. The highest BCUT2D eigenvalue weighted by molar-refractivity contribution is 6.01. The van der Waals surface area contributed by atoms with Gasteiger partial charge in [-0.3, -0.25) is 14.9 Å². The second kappa shape index (κ2) is 6.22. The third-order valence-electron chi connectivity index (χ3n) is 3.08. The number of fused-ring (bicyclic) bond motifs is 1. The summed E-state index contributed by atoms with van der Waals surface area (Å²) in [6.45, 7) is 0. The Morgan fingerprint density at radius 1 is 1.06 bits per heavy atom. The predicted molar refractivity (Wildman–Crippen MR) is 58.5 cm³/mol. The van der Waals surface area contributed by atoms with E-state index in [0.29, 0.717) is 12.8 Å². The maximum absolute atomic E-state index is 10.1. The molecule has 3 fully saturated rings. The van der Waals surface area contributed by atoms with Crippen LogP contribution in [-0.2, 0) is 9.59 Å². The number of hydrogen-bond donors (Lipinski definition) is 3. The summed E-state index contributed by atoms with van der Waals surface area (Å²) in [6, 6.07) is 0. The third kappa shape index (κ3) is 5.89. The van der Waals surface area contributed by atoms with Gasteiger partial charge >= 0.3 is 6.16 Å². The van der Waals surface area contributed by atoms with Gasteiger partial charge in [-0.15, -0.1) is 0 Å². The molecule has 3 aliphatic rings. The van der Waals surface area contributed by atoms with Crippen molar-refractivity contribution in [3.8, 4) is 0 Å². The minimum Gasteiger partial charge on any atom is -0.450 e. The number of carbonyl (C=O) groups excluding carboxylic acids is 2. The average molecular weight is 243 g/mol. The van der Waals surface area contributed by atoms with E-state index in [1.54, 1.807) is 19.3 Å². The van der Waals surface area contributed by atoms with E-state index < -0.39 is 6.16 Å². The zero-order valence-electron chi connectivity index (χ0n) is 9.52. The number of carboxylic acid groups (broad SMARTS) is 2. The Morgan fingerprint density at radius 3 is 1.59 bits per heavy atom. The monoisotopic (exact) mass is 243 g/mol. The van der Waals surface area contributed by atoms with Gasteiger partial charge in [0.05, 0.1) is 0 Å². The van der Waals surface area contributed by atoms with E-state index in [-0.39, 0.29) is 11.8 Å². The number of imide groups is 1. The maximum atomic E-state index is 10.1. The summed E-state index contributed by atoms with van der Waals surface area (Å²) in [5.74, 6) is 2.13. The molecule has 2 aliphatic carbocycles. The lowest BCUT2D eigenvalue weighted by molar-refractivity contribution is -0.124. The molecular weight excluding hydrogens is 226 g/mol. The van der Waals surface area contributed by atoms with E-state index in [9.17, 15) is 9.59 Å². The van der Waals surface area contributed by atoms with Crippen LogP contribution in [0.15, 0.2) is 0 Å². The molecule has 1 aliphatic heterocycles. The molecule has 3 N–H and O–H groups in total. The van der Waals surface area contributed by atoms with Crippen molar-refractivity contribution in [1.82, 2.24) is 5.32 Å². The Bertz CT molecular complexity index is 289. The molecule has 17 heavy (non-hydrogen) atoms. The van der Waals surface area contributed by atoms with Crippen molar-refractivity contribution in [2.24, 2.45) is 11.8 Å². The molecule has 0 aromatic carbocycles. The van der Waals surface area contributed by atoms with Crippen molar-refractivity contribution in [1.29, 1.82) is 0 Å². The lowest BCUT2D eigenvalue weighted by Gasteiger charge is -1.80. The molecule has 0 aromatic heterocycles. The molecule has 1 saturated heterocycles. The fourth-order valence-corrected chi connectivity index (χ4v) is 2.17. The van der Waals surface area contributed by atoms with Crippen LogP contribution in [0.5, 0.6) is 0 Å². The van der Waals surface area contributed by atoms with Gasteiger partial charge in [0.25, 0.3) is 0 Å². The first-order valence-electron chi connectivity index (χ1n) is 5.73. The molecular formula is C11H17NO5. The summed E-state index contributed by atoms with van der Waals surface area (Å²) in [5.41, 5.74) is 0. The van der Waals surface area contributed by atoms with Crippen LogP contribution in [0.1, 0.15) is 38.5 Å². The molecule has 1 heterocycles. The van der Waals surface area contributed by atoms with Crippen LogP contribution in [0.25, 0.3) is 0 Å². The van der Waals surface area contributed by atoms with Crippen molar-refractivity contribution in [3.63, 3.8) is 0 Å². The maximum Gasteiger partial charge on any atom is 0.503 e. The number of carbonyl (C=O) groups is 3. The van der Waals surface area contributed by atoms with Crippen LogP contribution < -0.4 is 5.32 Å². The summed E-state index contributed by atoms with van der Waals surface area (Å²) in [7, 11) is 0. The molecule has 3 rings (SSSR count). The van der Waals surface area contributed by atoms with Crippen LogP contribution in [-0.4, -0.2) is 28.2 Å². The lowest BCUT2D eigenvalue weighted by Crippen LogP contribution is -2.18. The molecule has 2 saturated carbocycles. The van der Waals surface area contributed by atoms with Gasteiger partial charge in [-0.1, -0.05) is 19.3 Å². The highest BCUT2D eigenvalue weighted by Gasteiger charge is 2.40. The Balaban J connectivity index is 0.000000133. The standard InChI is InChI=1S/C6H10.C4H5NO2.CH2O3/c1-2-5-4-6(5)3-1;6-3-1-2-4(7)5-3;2-1(3)4/h5-6H,1-4H2;1-2H2,(H,5,6,7);(H2,2,3,4)/t5-,6?;;/m0../s1. The quantitative estimate of drug-likeness (QED) is 0.559. The molecule has 0 spiro atoms. The summed E-state index contributed by atoms with van der Waals surface area (Å²) in [4.78, 5) is 28.8. The van der Waals surface area contributed by atoms with E-state index in [2.05, 4.69) is 5.32 Å². The van der Waals surface area contributed by atoms with Crippen LogP contribution in [0.2, 0.25) is 0 Å². The van der Waals surface area contributed by atoms with Gasteiger partial charge in [0.2, 0.25) is 11.8 Å². The molecule has 2 atom stereocenters. The fourth-order valence-electron chi connectivity index (χ4n) is 2.17. The summed E-state index contributed by atoms with van der Waals surface area (Å²) < 4.78 is 0. The Morgan fingerprint density at radius 2 is 1.47 bits per heavy atom. The van der Waals surface area contributed by atoms with Gasteiger partial charge in [-0.05, 0) is 18.3 Å². The molecule has 0 radical (unpaired) electrons. The van der Waals surface area contributed by atoms with E-state index in [1.807, 2.05) is 0 Å². The van der Waals surface area contributed by atoms with Crippen LogP contribution in [0, 0.1) is 11.8 Å². The number of amides is 2. The first-order chi connectivity index (χ1) is 7.99. The van der Waals surface area contributed by atoms with E-state index >= 15 is 0 Å².